The van der Waals surface area contributed by atoms with E-state index in [1.807, 2.05) is 31.4 Å². The maximum atomic E-state index is 12.9. The highest BCUT2D eigenvalue weighted by molar-refractivity contribution is 7.12. The third-order valence-corrected chi connectivity index (χ3v) is 4.73. The van der Waals surface area contributed by atoms with E-state index in [-0.39, 0.29) is 24.0 Å². The van der Waals surface area contributed by atoms with Crippen LogP contribution in [0.15, 0.2) is 41.8 Å². The van der Waals surface area contributed by atoms with Gasteiger partial charge in [0, 0.05) is 13.1 Å². The molecule has 24 heavy (non-hydrogen) atoms. The molecule has 2 heterocycles. The van der Waals surface area contributed by atoms with Gasteiger partial charge in [0.05, 0.1) is 28.3 Å². The molecular weight excluding hydrogens is 324 g/mol. The van der Waals surface area contributed by atoms with Gasteiger partial charge in [-0.05, 0) is 37.4 Å². The summed E-state index contributed by atoms with van der Waals surface area (Å²) in [4.78, 5) is 27.6. The van der Waals surface area contributed by atoms with Gasteiger partial charge in [-0.1, -0.05) is 18.2 Å². The van der Waals surface area contributed by atoms with Gasteiger partial charge >= 0.3 is 0 Å². The normalized spacial score (nSPS) is 20.7. The third kappa shape index (κ3) is 3.66. The molecule has 1 N–H and O–H groups in total. The van der Waals surface area contributed by atoms with E-state index in [1.54, 1.807) is 29.2 Å². The number of benzene rings is 1. The molecule has 126 valence electrons. The molecule has 3 rings (SSSR count). The van der Waals surface area contributed by atoms with E-state index in [4.69, 9.17) is 4.74 Å². The number of ether oxygens (including phenoxy) is 1. The Hall–Kier alpha value is -2.18. The number of anilines is 1. The number of thiophene rings is 1. The summed E-state index contributed by atoms with van der Waals surface area (Å²) in [5.41, 5.74) is 1.04. The topological polar surface area (TPSA) is 58.6 Å². The van der Waals surface area contributed by atoms with E-state index >= 15 is 0 Å². The van der Waals surface area contributed by atoms with Gasteiger partial charge in [-0.3, -0.25) is 9.59 Å². The minimum absolute atomic E-state index is 0.00516. The maximum absolute atomic E-state index is 12.9. The second kappa shape index (κ2) is 7.15. The molecule has 1 saturated heterocycles. The molecule has 1 aliphatic heterocycles. The summed E-state index contributed by atoms with van der Waals surface area (Å²) in [6, 6.07) is 10.7. The Morgan fingerprint density at radius 3 is 2.50 bits per heavy atom. The molecule has 1 aromatic heterocycles. The van der Waals surface area contributed by atoms with Crippen LogP contribution >= 0.6 is 11.3 Å². The van der Waals surface area contributed by atoms with Gasteiger partial charge in [0.25, 0.3) is 11.8 Å². The Labute approximate surface area is 145 Å². The lowest BCUT2D eigenvalue weighted by Crippen LogP contribution is -2.48. The van der Waals surface area contributed by atoms with E-state index in [0.29, 0.717) is 29.2 Å². The van der Waals surface area contributed by atoms with Crippen molar-refractivity contribution >= 4 is 28.8 Å². The molecule has 0 aliphatic carbocycles. The Morgan fingerprint density at radius 2 is 1.83 bits per heavy atom. The van der Waals surface area contributed by atoms with Crippen LogP contribution in [-0.2, 0) is 4.74 Å². The predicted octanol–water partition coefficient (Wildman–Crippen LogP) is 3.25. The Kier molecular flexibility index (Phi) is 4.97. The number of para-hydroxylation sites is 1. The fourth-order valence-electron chi connectivity index (χ4n) is 2.88. The Balaban J connectivity index is 1.81. The molecular formula is C18H20N2O3S. The number of rotatable bonds is 3. The van der Waals surface area contributed by atoms with Crippen molar-refractivity contribution in [3.05, 3.63) is 52.2 Å². The first-order chi connectivity index (χ1) is 11.5. The molecule has 2 aromatic rings. The summed E-state index contributed by atoms with van der Waals surface area (Å²) in [6.07, 6.45) is 0.0103. The monoisotopic (exact) mass is 344 g/mol. The van der Waals surface area contributed by atoms with E-state index in [9.17, 15) is 9.59 Å². The van der Waals surface area contributed by atoms with Crippen molar-refractivity contribution in [2.45, 2.75) is 26.1 Å². The van der Waals surface area contributed by atoms with Gasteiger partial charge in [0.2, 0.25) is 0 Å². The summed E-state index contributed by atoms with van der Waals surface area (Å²) >= 11 is 1.37. The van der Waals surface area contributed by atoms with E-state index < -0.39 is 0 Å². The molecule has 0 spiro atoms. The van der Waals surface area contributed by atoms with Crippen LogP contribution < -0.4 is 5.32 Å². The molecule has 1 fully saturated rings. The smallest absolute Gasteiger partial charge is 0.265 e. The van der Waals surface area contributed by atoms with Crippen LogP contribution in [0.2, 0.25) is 0 Å². The molecule has 0 saturated carbocycles. The highest BCUT2D eigenvalue weighted by Crippen LogP contribution is 2.21. The van der Waals surface area contributed by atoms with Crippen LogP contribution in [0.5, 0.6) is 0 Å². The van der Waals surface area contributed by atoms with Gasteiger partial charge < -0.3 is 15.0 Å². The van der Waals surface area contributed by atoms with Crippen LogP contribution in [0.3, 0.4) is 0 Å². The van der Waals surface area contributed by atoms with Crippen molar-refractivity contribution in [2.75, 3.05) is 18.4 Å². The lowest BCUT2D eigenvalue weighted by atomic mass is 10.1. The van der Waals surface area contributed by atoms with Crippen LogP contribution in [-0.4, -0.2) is 42.0 Å². The van der Waals surface area contributed by atoms with Crippen LogP contribution in [0.1, 0.15) is 33.9 Å². The van der Waals surface area contributed by atoms with Gasteiger partial charge in [0.15, 0.2) is 0 Å². The first-order valence-corrected chi connectivity index (χ1v) is 8.81. The zero-order valence-electron chi connectivity index (χ0n) is 13.7. The summed E-state index contributed by atoms with van der Waals surface area (Å²) in [7, 11) is 0. The highest BCUT2D eigenvalue weighted by atomic mass is 32.1. The number of morpholine rings is 1. The summed E-state index contributed by atoms with van der Waals surface area (Å²) in [5.74, 6) is -0.284. The molecule has 1 aliphatic rings. The first-order valence-electron chi connectivity index (χ1n) is 7.93. The van der Waals surface area contributed by atoms with E-state index in [0.717, 1.165) is 0 Å². The number of carbonyl (C=O) groups is 2. The number of nitrogens with one attached hydrogen (secondary N) is 1. The lowest BCUT2D eigenvalue weighted by molar-refractivity contribution is -0.0585. The summed E-state index contributed by atoms with van der Waals surface area (Å²) < 4.78 is 5.68. The zero-order valence-corrected chi connectivity index (χ0v) is 14.5. The largest absolute Gasteiger partial charge is 0.372 e. The number of carbonyl (C=O) groups excluding carboxylic acids is 2. The van der Waals surface area contributed by atoms with Crippen molar-refractivity contribution in [3.63, 3.8) is 0 Å². The quantitative estimate of drug-likeness (QED) is 0.930. The SMILES string of the molecule is C[C@H]1CN(C(=O)c2ccccc2NC(=O)c2cccs2)C[C@H](C)O1. The fourth-order valence-corrected chi connectivity index (χ4v) is 3.50. The molecule has 0 unspecified atom stereocenters. The molecule has 0 radical (unpaired) electrons. The van der Waals surface area contributed by atoms with Crippen molar-refractivity contribution in [1.82, 2.24) is 4.90 Å². The molecule has 2 atom stereocenters. The van der Waals surface area contributed by atoms with Crippen molar-refractivity contribution in [3.8, 4) is 0 Å². The van der Waals surface area contributed by atoms with Crippen LogP contribution in [0.25, 0.3) is 0 Å². The summed E-state index contributed by atoms with van der Waals surface area (Å²) in [5, 5.41) is 4.70. The minimum Gasteiger partial charge on any atom is -0.372 e. The molecule has 6 heteroatoms. The van der Waals surface area contributed by atoms with Gasteiger partial charge in [-0.25, -0.2) is 0 Å². The van der Waals surface area contributed by atoms with Gasteiger partial charge in [-0.2, -0.15) is 0 Å². The van der Waals surface area contributed by atoms with Crippen LogP contribution in [0, 0.1) is 0 Å². The maximum Gasteiger partial charge on any atom is 0.265 e. The number of hydrogen-bond donors (Lipinski definition) is 1. The number of amides is 2. The average molecular weight is 344 g/mol. The molecule has 5 nitrogen and oxygen atoms in total. The van der Waals surface area contributed by atoms with Crippen molar-refractivity contribution in [2.24, 2.45) is 0 Å². The van der Waals surface area contributed by atoms with Gasteiger partial charge in [0.1, 0.15) is 0 Å². The van der Waals surface area contributed by atoms with Gasteiger partial charge in [-0.15, -0.1) is 11.3 Å². The summed E-state index contributed by atoms with van der Waals surface area (Å²) in [6.45, 7) is 5.02. The first kappa shape index (κ1) is 16.7. The minimum atomic E-state index is -0.200. The third-order valence-electron chi connectivity index (χ3n) is 3.86. The molecule has 0 bridgehead atoms. The Bertz CT molecular complexity index is 720. The molecule has 2 amide bonds. The van der Waals surface area contributed by atoms with Crippen molar-refractivity contribution in [1.29, 1.82) is 0 Å². The number of nitrogens with zero attached hydrogens (tertiary/aromatic N) is 1. The molecule has 1 aromatic carbocycles. The fraction of sp³-hybridized carbons (Fsp3) is 0.333. The zero-order chi connectivity index (χ0) is 17.1. The number of hydrogen-bond acceptors (Lipinski definition) is 4. The van der Waals surface area contributed by atoms with E-state index in [2.05, 4.69) is 5.32 Å². The van der Waals surface area contributed by atoms with Crippen LogP contribution in [0.4, 0.5) is 5.69 Å². The van der Waals surface area contributed by atoms with E-state index in [1.165, 1.54) is 11.3 Å². The van der Waals surface area contributed by atoms with Crippen molar-refractivity contribution < 1.29 is 14.3 Å². The average Bonchev–Trinajstić information content (AvgIpc) is 3.08. The highest BCUT2D eigenvalue weighted by Gasteiger charge is 2.28. The predicted molar refractivity (Wildman–Crippen MR) is 94.6 cm³/mol. The Morgan fingerprint density at radius 1 is 1.12 bits per heavy atom. The second-order valence-corrected chi connectivity index (χ2v) is 6.89. The lowest BCUT2D eigenvalue weighted by Gasteiger charge is -2.35. The standard InChI is InChI=1S/C18H20N2O3S/c1-12-10-20(11-13(2)23-12)18(22)14-6-3-4-7-15(14)19-17(21)16-8-5-9-24-16/h3-9,12-13H,10-11H2,1-2H3,(H,19,21)/t12-,13-/m0/s1. The second-order valence-electron chi connectivity index (χ2n) is 5.94.